The van der Waals surface area contributed by atoms with Gasteiger partial charge in [-0.25, -0.2) is 4.98 Å². The lowest BCUT2D eigenvalue weighted by atomic mass is 10.0. The van der Waals surface area contributed by atoms with E-state index in [0.29, 0.717) is 28.5 Å². The molecular formula is C28H35N3O4. The Morgan fingerprint density at radius 1 is 1.03 bits per heavy atom. The van der Waals surface area contributed by atoms with Crippen LogP contribution >= 0.6 is 0 Å². The number of nitrogens with zero attached hydrogens (tertiary/aromatic N) is 2. The Hall–Kier alpha value is -3.32. The lowest BCUT2D eigenvalue weighted by molar-refractivity contribution is 0.0912. The summed E-state index contributed by atoms with van der Waals surface area (Å²) in [5.74, 6) is 1.53. The minimum absolute atomic E-state index is 0.0655. The molecule has 1 saturated heterocycles. The van der Waals surface area contributed by atoms with Gasteiger partial charge in [0.15, 0.2) is 11.5 Å². The average molecular weight is 478 g/mol. The number of methoxy groups -OCH3 is 3. The van der Waals surface area contributed by atoms with Crippen LogP contribution in [0.2, 0.25) is 0 Å². The van der Waals surface area contributed by atoms with Gasteiger partial charge in [-0.1, -0.05) is 31.5 Å². The molecule has 35 heavy (non-hydrogen) atoms. The average Bonchev–Trinajstić information content (AvgIpc) is 2.91. The van der Waals surface area contributed by atoms with E-state index in [1.165, 1.54) is 12.8 Å². The summed E-state index contributed by atoms with van der Waals surface area (Å²) in [4.78, 5) is 20.8. The Morgan fingerprint density at radius 3 is 2.34 bits per heavy atom. The predicted molar refractivity (Wildman–Crippen MR) is 139 cm³/mol. The third kappa shape index (κ3) is 5.51. The summed E-state index contributed by atoms with van der Waals surface area (Å²) < 4.78 is 16.5. The first-order chi connectivity index (χ1) is 17.1. The number of fused-ring (bicyclic) bond motifs is 1. The second-order valence-corrected chi connectivity index (χ2v) is 8.93. The number of hydrogen-bond donors (Lipinski definition) is 1. The molecule has 0 radical (unpaired) electrons. The Kier molecular flexibility index (Phi) is 8.08. The summed E-state index contributed by atoms with van der Waals surface area (Å²) in [5.41, 5.74) is 2.83. The summed E-state index contributed by atoms with van der Waals surface area (Å²) in [6.45, 7) is 5.42. The molecule has 0 saturated carbocycles. The van der Waals surface area contributed by atoms with Crippen LogP contribution < -0.4 is 19.5 Å². The van der Waals surface area contributed by atoms with Gasteiger partial charge < -0.3 is 24.4 Å². The van der Waals surface area contributed by atoms with Crippen molar-refractivity contribution in [3.05, 3.63) is 48.0 Å². The molecule has 2 heterocycles. The van der Waals surface area contributed by atoms with E-state index in [1.807, 2.05) is 42.5 Å². The van der Waals surface area contributed by atoms with Gasteiger partial charge in [-0.05, 0) is 50.1 Å². The Bertz CT molecular complexity index is 1150. The smallest absolute Gasteiger partial charge is 0.252 e. The number of piperidine rings is 1. The molecule has 1 fully saturated rings. The molecule has 186 valence electrons. The van der Waals surface area contributed by atoms with Crippen molar-refractivity contribution in [3.8, 4) is 28.5 Å². The van der Waals surface area contributed by atoms with Crippen LogP contribution in [0.5, 0.6) is 17.2 Å². The Morgan fingerprint density at radius 2 is 1.71 bits per heavy atom. The quantitative estimate of drug-likeness (QED) is 0.472. The third-order valence-electron chi connectivity index (χ3n) is 6.67. The third-order valence-corrected chi connectivity index (χ3v) is 6.67. The molecule has 1 aliphatic heterocycles. The van der Waals surface area contributed by atoms with Gasteiger partial charge >= 0.3 is 0 Å². The van der Waals surface area contributed by atoms with E-state index < -0.39 is 0 Å². The summed E-state index contributed by atoms with van der Waals surface area (Å²) in [5, 5.41) is 4.12. The van der Waals surface area contributed by atoms with Crippen LogP contribution in [0.3, 0.4) is 0 Å². The molecule has 0 spiro atoms. The number of rotatable bonds is 9. The number of nitrogens with one attached hydrogen (secondary N) is 1. The maximum absolute atomic E-state index is 13.5. The SMILES string of the molecule is CCCCN1CCC(NC(=O)c2cc(-c3cc(OC)c(OC)c(OC)c3)nc3ccccc23)CC1. The summed E-state index contributed by atoms with van der Waals surface area (Å²) in [6.07, 6.45) is 4.38. The lowest BCUT2D eigenvalue weighted by Gasteiger charge is -2.32. The first-order valence-corrected chi connectivity index (χ1v) is 12.3. The monoisotopic (exact) mass is 477 g/mol. The van der Waals surface area contributed by atoms with Crippen molar-refractivity contribution < 1.29 is 19.0 Å². The first-order valence-electron chi connectivity index (χ1n) is 12.3. The fraction of sp³-hybridized carbons (Fsp3) is 0.429. The molecule has 1 aliphatic rings. The number of amides is 1. The van der Waals surface area contributed by atoms with Crippen LogP contribution in [0.25, 0.3) is 22.2 Å². The molecule has 7 nitrogen and oxygen atoms in total. The van der Waals surface area contributed by atoms with E-state index in [9.17, 15) is 4.79 Å². The second-order valence-electron chi connectivity index (χ2n) is 8.93. The summed E-state index contributed by atoms with van der Waals surface area (Å²) in [7, 11) is 4.74. The van der Waals surface area contributed by atoms with Gasteiger partial charge in [-0.2, -0.15) is 0 Å². The van der Waals surface area contributed by atoms with Gasteiger partial charge in [0.05, 0.1) is 38.1 Å². The van der Waals surface area contributed by atoms with E-state index in [-0.39, 0.29) is 11.9 Å². The van der Waals surface area contributed by atoms with Crippen LogP contribution in [0.4, 0.5) is 0 Å². The fourth-order valence-corrected chi connectivity index (χ4v) is 4.69. The van der Waals surface area contributed by atoms with E-state index in [2.05, 4.69) is 17.1 Å². The van der Waals surface area contributed by atoms with E-state index in [0.717, 1.165) is 48.9 Å². The van der Waals surface area contributed by atoms with Crippen LogP contribution in [-0.2, 0) is 0 Å². The van der Waals surface area contributed by atoms with Gasteiger partial charge in [0.2, 0.25) is 5.75 Å². The largest absolute Gasteiger partial charge is 0.493 e. The number of aromatic nitrogens is 1. The molecule has 4 rings (SSSR count). The van der Waals surface area contributed by atoms with E-state index in [4.69, 9.17) is 19.2 Å². The molecule has 1 aromatic heterocycles. The number of likely N-dealkylation sites (tertiary alicyclic amines) is 1. The highest BCUT2D eigenvalue weighted by molar-refractivity contribution is 6.07. The van der Waals surface area contributed by atoms with Gasteiger partial charge in [0, 0.05) is 30.1 Å². The topological polar surface area (TPSA) is 72.9 Å². The van der Waals surface area contributed by atoms with Crippen LogP contribution in [0.15, 0.2) is 42.5 Å². The normalized spacial score (nSPS) is 14.6. The maximum atomic E-state index is 13.5. The van der Waals surface area contributed by atoms with Gasteiger partial charge in [-0.15, -0.1) is 0 Å². The number of benzene rings is 2. The van der Waals surface area contributed by atoms with Crippen LogP contribution in [0, 0.1) is 0 Å². The van der Waals surface area contributed by atoms with Gasteiger partial charge in [0.25, 0.3) is 5.91 Å². The Balaban J connectivity index is 1.64. The highest BCUT2D eigenvalue weighted by Gasteiger charge is 2.23. The first kappa shape index (κ1) is 24.8. The van der Waals surface area contributed by atoms with Gasteiger partial charge in [0.1, 0.15) is 0 Å². The number of para-hydroxylation sites is 1. The molecule has 0 atom stereocenters. The van der Waals surface area contributed by atoms with Crippen molar-refractivity contribution in [1.82, 2.24) is 15.2 Å². The molecule has 1 amide bonds. The van der Waals surface area contributed by atoms with Crippen molar-refractivity contribution >= 4 is 16.8 Å². The number of pyridine rings is 1. The van der Waals surface area contributed by atoms with Crippen molar-refractivity contribution in [2.24, 2.45) is 0 Å². The molecule has 0 bridgehead atoms. The van der Waals surface area contributed by atoms with Crippen molar-refractivity contribution in [2.45, 2.75) is 38.6 Å². The van der Waals surface area contributed by atoms with Crippen molar-refractivity contribution in [3.63, 3.8) is 0 Å². The number of carbonyl (C=O) groups excluding carboxylic acids is 1. The predicted octanol–water partition coefficient (Wildman–Crippen LogP) is 4.92. The highest BCUT2D eigenvalue weighted by atomic mass is 16.5. The second kappa shape index (κ2) is 11.4. The standard InChI is InChI=1S/C28H35N3O4/c1-5-6-13-31-14-11-20(12-15-31)29-28(32)22-18-24(30-23-10-8-7-9-21(22)23)19-16-25(33-2)27(35-4)26(17-19)34-3/h7-10,16-18,20H,5-6,11-15H2,1-4H3,(H,29,32). The summed E-state index contributed by atoms with van der Waals surface area (Å²) >= 11 is 0. The van der Waals surface area contributed by atoms with Crippen molar-refractivity contribution in [2.75, 3.05) is 41.0 Å². The number of ether oxygens (including phenoxy) is 3. The minimum Gasteiger partial charge on any atom is -0.493 e. The number of unbranched alkanes of at least 4 members (excludes halogenated alkanes) is 1. The fourth-order valence-electron chi connectivity index (χ4n) is 4.69. The van der Waals surface area contributed by atoms with Crippen LogP contribution in [0.1, 0.15) is 43.0 Å². The minimum atomic E-state index is -0.0655. The zero-order valence-electron chi connectivity index (χ0n) is 21.1. The van der Waals surface area contributed by atoms with E-state index >= 15 is 0 Å². The molecule has 3 aromatic rings. The van der Waals surface area contributed by atoms with Gasteiger partial charge in [-0.3, -0.25) is 4.79 Å². The summed E-state index contributed by atoms with van der Waals surface area (Å²) in [6, 6.07) is 13.5. The molecular weight excluding hydrogens is 442 g/mol. The lowest BCUT2D eigenvalue weighted by Crippen LogP contribution is -2.44. The van der Waals surface area contributed by atoms with Crippen molar-refractivity contribution in [1.29, 1.82) is 0 Å². The molecule has 1 N–H and O–H groups in total. The number of carbonyl (C=O) groups is 1. The zero-order chi connectivity index (χ0) is 24.8. The van der Waals surface area contributed by atoms with Crippen LogP contribution in [-0.4, -0.2) is 62.8 Å². The highest BCUT2D eigenvalue weighted by Crippen LogP contribution is 2.41. The molecule has 7 heteroatoms. The number of hydrogen-bond acceptors (Lipinski definition) is 6. The maximum Gasteiger partial charge on any atom is 0.252 e. The molecule has 0 aliphatic carbocycles. The van der Waals surface area contributed by atoms with E-state index in [1.54, 1.807) is 21.3 Å². The zero-order valence-corrected chi connectivity index (χ0v) is 21.1. The Labute approximate surface area is 207 Å². The molecule has 0 unspecified atom stereocenters. The molecule has 2 aromatic carbocycles.